The van der Waals surface area contributed by atoms with Crippen molar-refractivity contribution in [1.29, 1.82) is 0 Å². The Morgan fingerprint density at radius 2 is 1.91 bits per heavy atom. The molecule has 3 aromatic rings. The second kappa shape index (κ2) is 10.4. The quantitative estimate of drug-likeness (QED) is 0.512. The summed E-state index contributed by atoms with van der Waals surface area (Å²) in [6.45, 7) is 5.24. The minimum atomic E-state index is -0.0752. The molecular weight excluding hydrogens is 432 g/mol. The SMILES string of the molecule is COc1cc(-c2cncc(N[C@H](C)c3cccc(NC(=O)N4CCN(C)CC4)c3)n2)ccc1O. The van der Waals surface area contributed by atoms with Crippen molar-refractivity contribution in [3.8, 4) is 22.8 Å². The molecule has 0 aliphatic carbocycles. The maximum Gasteiger partial charge on any atom is 0.321 e. The van der Waals surface area contributed by atoms with Gasteiger partial charge in [0.2, 0.25) is 0 Å². The van der Waals surface area contributed by atoms with Crippen LogP contribution in [0.1, 0.15) is 18.5 Å². The fourth-order valence-corrected chi connectivity index (χ4v) is 3.81. The molecule has 2 aromatic carbocycles. The van der Waals surface area contributed by atoms with Crippen molar-refractivity contribution in [2.24, 2.45) is 0 Å². The zero-order chi connectivity index (χ0) is 24.1. The van der Waals surface area contributed by atoms with Crippen LogP contribution in [0.2, 0.25) is 0 Å². The van der Waals surface area contributed by atoms with Crippen LogP contribution in [0.5, 0.6) is 11.5 Å². The summed E-state index contributed by atoms with van der Waals surface area (Å²) in [6.07, 6.45) is 3.33. The summed E-state index contributed by atoms with van der Waals surface area (Å²) in [4.78, 5) is 25.6. The lowest BCUT2D eigenvalue weighted by Crippen LogP contribution is -2.48. The Hall–Kier alpha value is -3.85. The number of carbonyl (C=O) groups excluding carboxylic acids is 1. The third-order valence-electron chi connectivity index (χ3n) is 5.90. The normalized spacial score (nSPS) is 15.0. The minimum Gasteiger partial charge on any atom is -0.504 e. The maximum atomic E-state index is 12.6. The van der Waals surface area contributed by atoms with E-state index < -0.39 is 0 Å². The Morgan fingerprint density at radius 1 is 1.12 bits per heavy atom. The number of urea groups is 1. The van der Waals surface area contributed by atoms with Gasteiger partial charge in [0, 0.05) is 37.4 Å². The molecule has 1 atom stereocenters. The number of benzene rings is 2. The molecule has 1 aromatic heterocycles. The van der Waals surface area contributed by atoms with Gasteiger partial charge in [0.25, 0.3) is 0 Å². The van der Waals surface area contributed by atoms with E-state index in [1.807, 2.05) is 36.1 Å². The Morgan fingerprint density at radius 3 is 2.68 bits per heavy atom. The molecule has 0 radical (unpaired) electrons. The summed E-state index contributed by atoms with van der Waals surface area (Å²) in [5.74, 6) is 1.06. The summed E-state index contributed by atoms with van der Waals surface area (Å²) in [6, 6.07) is 12.7. The van der Waals surface area contributed by atoms with Crippen LogP contribution >= 0.6 is 0 Å². The number of aromatic nitrogens is 2. The molecule has 9 nitrogen and oxygen atoms in total. The molecule has 9 heteroatoms. The first kappa shape index (κ1) is 23.3. The highest BCUT2D eigenvalue weighted by Gasteiger charge is 2.19. The number of carbonyl (C=O) groups is 1. The first-order chi connectivity index (χ1) is 16.4. The van der Waals surface area contributed by atoms with Gasteiger partial charge in [0.1, 0.15) is 5.82 Å². The molecule has 0 spiro atoms. The van der Waals surface area contributed by atoms with E-state index in [1.54, 1.807) is 30.6 Å². The van der Waals surface area contributed by atoms with Gasteiger partial charge in [0.15, 0.2) is 11.5 Å². The van der Waals surface area contributed by atoms with E-state index in [9.17, 15) is 9.90 Å². The van der Waals surface area contributed by atoms with Crippen molar-refractivity contribution >= 4 is 17.5 Å². The first-order valence-corrected chi connectivity index (χ1v) is 11.2. The number of hydrogen-bond donors (Lipinski definition) is 3. The Bertz CT molecular complexity index is 1150. The molecule has 0 bridgehead atoms. The molecule has 4 rings (SSSR count). The van der Waals surface area contributed by atoms with Crippen LogP contribution in [0, 0.1) is 0 Å². The number of methoxy groups -OCH3 is 1. The number of piperazine rings is 1. The summed E-state index contributed by atoms with van der Waals surface area (Å²) in [5.41, 5.74) is 3.21. The number of aromatic hydroxyl groups is 1. The summed E-state index contributed by atoms with van der Waals surface area (Å²) < 4.78 is 5.19. The zero-order valence-corrected chi connectivity index (χ0v) is 19.7. The summed E-state index contributed by atoms with van der Waals surface area (Å²) in [7, 11) is 3.57. The molecule has 178 valence electrons. The van der Waals surface area contributed by atoms with Crippen molar-refractivity contribution in [3.05, 3.63) is 60.4 Å². The molecule has 1 aliphatic heterocycles. The number of nitrogens with zero attached hydrogens (tertiary/aromatic N) is 4. The second-order valence-corrected chi connectivity index (χ2v) is 8.39. The standard InChI is InChI=1S/C25H30N6O3/c1-17(18-5-4-6-20(13-18)28-25(33)31-11-9-30(2)10-12-31)27-24-16-26-15-21(29-24)19-7-8-22(32)23(14-19)34-3/h4-8,13-17,32H,9-12H2,1-3H3,(H,27,29)(H,28,33)/t17-/m1/s1. The third kappa shape index (κ3) is 5.55. The smallest absolute Gasteiger partial charge is 0.321 e. The molecule has 1 fully saturated rings. The third-order valence-corrected chi connectivity index (χ3v) is 5.90. The van der Waals surface area contributed by atoms with Crippen LogP contribution in [-0.2, 0) is 0 Å². The highest BCUT2D eigenvalue weighted by atomic mass is 16.5. The van der Waals surface area contributed by atoms with E-state index in [1.165, 1.54) is 7.11 Å². The highest BCUT2D eigenvalue weighted by Crippen LogP contribution is 2.31. The van der Waals surface area contributed by atoms with E-state index in [-0.39, 0.29) is 17.8 Å². The second-order valence-electron chi connectivity index (χ2n) is 8.39. The molecule has 2 amide bonds. The lowest BCUT2D eigenvalue weighted by molar-refractivity contribution is 0.164. The molecule has 1 aliphatic rings. The number of ether oxygens (including phenoxy) is 1. The Balaban J connectivity index is 1.43. The number of likely N-dealkylation sites (N-methyl/N-ethyl adjacent to an activating group) is 1. The predicted molar refractivity (Wildman–Crippen MR) is 132 cm³/mol. The average molecular weight is 463 g/mol. The number of anilines is 2. The zero-order valence-electron chi connectivity index (χ0n) is 19.7. The molecular formula is C25H30N6O3. The van der Waals surface area contributed by atoms with Crippen LogP contribution in [0.25, 0.3) is 11.3 Å². The van der Waals surface area contributed by atoms with E-state index in [0.29, 0.717) is 17.3 Å². The van der Waals surface area contributed by atoms with Gasteiger partial charge < -0.3 is 30.3 Å². The molecule has 0 unspecified atom stereocenters. The van der Waals surface area contributed by atoms with Gasteiger partial charge in [-0.1, -0.05) is 12.1 Å². The number of phenolic OH excluding ortho intramolecular Hbond substituents is 1. The Kier molecular flexibility index (Phi) is 7.12. The van der Waals surface area contributed by atoms with Crippen LogP contribution in [-0.4, -0.2) is 71.2 Å². The number of hydrogen-bond acceptors (Lipinski definition) is 7. The summed E-state index contributed by atoms with van der Waals surface area (Å²) >= 11 is 0. The van der Waals surface area contributed by atoms with Crippen LogP contribution in [0.15, 0.2) is 54.9 Å². The fraction of sp³-hybridized carbons (Fsp3) is 0.320. The summed E-state index contributed by atoms with van der Waals surface area (Å²) in [5, 5.41) is 16.2. The predicted octanol–water partition coefficient (Wildman–Crippen LogP) is 3.81. The van der Waals surface area contributed by atoms with E-state index in [2.05, 4.69) is 32.5 Å². The van der Waals surface area contributed by atoms with Gasteiger partial charge >= 0.3 is 6.03 Å². The minimum absolute atomic E-state index is 0.0700. The maximum absolute atomic E-state index is 12.6. The highest BCUT2D eigenvalue weighted by molar-refractivity contribution is 5.89. The monoisotopic (exact) mass is 462 g/mol. The lowest BCUT2D eigenvalue weighted by atomic mass is 10.1. The topological polar surface area (TPSA) is 103 Å². The molecule has 34 heavy (non-hydrogen) atoms. The van der Waals surface area contributed by atoms with Gasteiger partial charge in [-0.25, -0.2) is 9.78 Å². The largest absolute Gasteiger partial charge is 0.504 e. The molecule has 1 saturated heterocycles. The van der Waals surface area contributed by atoms with Gasteiger partial charge in [0.05, 0.1) is 31.2 Å². The number of phenols is 1. The molecule has 2 heterocycles. The van der Waals surface area contributed by atoms with Crippen LogP contribution in [0.3, 0.4) is 0 Å². The van der Waals surface area contributed by atoms with Crippen LogP contribution in [0.4, 0.5) is 16.3 Å². The molecule has 0 saturated carbocycles. The average Bonchev–Trinajstić information content (AvgIpc) is 2.85. The number of nitrogens with one attached hydrogen (secondary N) is 2. The molecule has 3 N–H and O–H groups in total. The van der Waals surface area contributed by atoms with E-state index in [4.69, 9.17) is 4.74 Å². The van der Waals surface area contributed by atoms with Gasteiger partial charge in [-0.15, -0.1) is 0 Å². The van der Waals surface area contributed by atoms with Gasteiger partial charge in [-0.2, -0.15) is 0 Å². The van der Waals surface area contributed by atoms with Crippen molar-refractivity contribution in [3.63, 3.8) is 0 Å². The van der Waals surface area contributed by atoms with Gasteiger partial charge in [-0.3, -0.25) is 4.98 Å². The van der Waals surface area contributed by atoms with Crippen molar-refractivity contribution in [2.45, 2.75) is 13.0 Å². The van der Waals surface area contributed by atoms with Crippen molar-refractivity contribution < 1.29 is 14.6 Å². The van der Waals surface area contributed by atoms with Gasteiger partial charge in [-0.05, 0) is 49.9 Å². The Labute approximate surface area is 199 Å². The first-order valence-electron chi connectivity index (χ1n) is 11.2. The van der Waals surface area contributed by atoms with Crippen molar-refractivity contribution in [1.82, 2.24) is 19.8 Å². The fourth-order valence-electron chi connectivity index (χ4n) is 3.81. The van der Waals surface area contributed by atoms with Crippen molar-refractivity contribution in [2.75, 3.05) is 51.0 Å². The van der Waals surface area contributed by atoms with E-state index >= 15 is 0 Å². The number of rotatable bonds is 6. The lowest BCUT2D eigenvalue weighted by Gasteiger charge is -2.32. The van der Waals surface area contributed by atoms with Crippen LogP contribution < -0.4 is 15.4 Å². The number of amides is 2. The van der Waals surface area contributed by atoms with E-state index in [0.717, 1.165) is 43.0 Å².